The molecule has 0 radical (unpaired) electrons. The van der Waals surface area contributed by atoms with Crippen LogP contribution in [0.25, 0.3) is 273 Å². The second-order valence-electron chi connectivity index (χ2n) is 35.4. The summed E-state index contributed by atoms with van der Waals surface area (Å²) in [5, 5.41) is 35.6. The molecule has 0 aliphatic carbocycles. The van der Waals surface area contributed by atoms with E-state index in [-0.39, 0.29) is 0 Å². The zero-order valence-corrected chi connectivity index (χ0v) is 70.3. The minimum absolute atomic E-state index is 0.814. The molecule has 0 fully saturated rings. The molecular weight excluding hydrogens is 1620 g/mol. The molecule has 8 heterocycles. The third kappa shape index (κ3) is 10.9. The van der Waals surface area contributed by atoms with Crippen LogP contribution in [0.3, 0.4) is 0 Å². The molecular formula is C122H66N2O8. The summed E-state index contributed by atoms with van der Waals surface area (Å²) >= 11 is 0. The van der Waals surface area contributed by atoms with Gasteiger partial charge in [-0.25, -0.2) is 0 Å². The molecule has 0 N–H and O–H groups in total. The van der Waals surface area contributed by atoms with Crippen LogP contribution in [0.4, 0.5) is 34.1 Å². The van der Waals surface area contributed by atoms with E-state index >= 15 is 0 Å². The highest BCUT2D eigenvalue weighted by Gasteiger charge is 2.25. The van der Waals surface area contributed by atoms with Crippen LogP contribution in [-0.2, 0) is 0 Å². The van der Waals surface area contributed by atoms with E-state index in [1.165, 1.54) is 37.9 Å². The van der Waals surface area contributed by atoms with E-state index < -0.39 is 0 Å². The fourth-order valence-corrected chi connectivity index (χ4v) is 21.3. The largest absolute Gasteiger partial charge is 0.456 e. The molecule has 0 unspecified atom stereocenters. The van der Waals surface area contributed by atoms with Gasteiger partial charge in [-0.15, -0.1) is 0 Å². The van der Waals surface area contributed by atoms with Crippen molar-refractivity contribution >= 4 is 296 Å². The van der Waals surface area contributed by atoms with Crippen LogP contribution >= 0.6 is 0 Å². The van der Waals surface area contributed by atoms with Crippen molar-refractivity contribution in [3.8, 4) is 11.1 Å². The minimum atomic E-state index is 0.814. The third-order valence-corrected chi connectivity index (χ3v) is 27.8. The average Bonchev–Trinajstić information content (AvgIpc) is 1.59. The van der Waals surface area contributed by atoms with Gasteiger partial charge in [-0.3, -0.25) is 0 Å². The topological polar surface area (TPSA) is 112 Å². The van der Waals surface area contributed by atoms with Gasteiger partial charge in [-0.2, -0.15) is 0 Å². The molecule has 23 aromatic carbocycles. The summed E-state index contributed by atoms with van der Waals surface area (Å²) in [7, 11) is 0. The molecule has 0 spiro atoms. The maximum atomic E-state index is 6.69. The van der Waals surface area contributed by atoms with Gasteiger partial charge in [0.15, 0.2) is 0 Å². The van der Waals surface area contributed by atoms with Crippen molar-refractivity contribution in [2.24, 2.45) is 0 Å². The van der Waals surface area contributed by atoms with Crippen molar-refractivity contribution < 1.29 is 35.3 Å². The van der Waals surface area contributed by atoms with E-state index in [9.17, 15) is 0 Å². The van der Waals surface area contributed by atoms with Crippen LogP contribution in [0.5, 0.6) is 0 Å². The molecule has 31 aromatic rings. The Morgan fingerprint density at radius 1 is 0.106 bits per heavy atom. The quantitative estimate of drug-likeness (QED) is 0.153. The molecule has 132 heavy (non-hydrogen) atoms. The van der Waals surface area contributed by atoms with E-state index in [1.54, 1.807) is 0 Å². The lowest BCUT2D eigenvalue weighted by atomic mass is 10.0. The van der Waals surface area contributed by atoms with Gasteiger partial charge in [0.25, 0.3) is 0 Å². The average molecular weight is 1690 g/mol. The number of fused-ring (bicyclic) bond motifs is 32. The van der Waals surface area contributed by atoms with E-state index in [4.69, 9.17) is 35.3 Å². The van der Waals surface area contributed by atoms with E-state index in [0.29, 0.717) is 0 Å². The zero-order valence-electron chi connectivity index (χ0n) is 70.3. The van der Waals surface area contributed by atoms with Gasteiger partial charge in [0.1, 0.15) is 89.3 Å². The molecule has 0 aliphatic heterocycles. The normalized spacial score (nSPS) is 12.4. The van der Waals surface area contributed by atoms with Crippen LogP contribution in [0.2, 0.25) is 0 Å². The van der Waals surface area contributed by atoms with Gasteiger partial charge >= 0.3 is 0 Å². The van der Waals surface area contributed by atoms with Crippen molar-refractivity contribution in [1.29, 1.82) is 0 Å². The van der Waals surface area contributed by atoms with E-state index in [0.717, 1.165) is 269 Å². The predicted octanol–water partition coefficient (Wildman–Crippen LogP) is 36.4. The Kier molecular flexibility index (Phi) is 14.5. The fraction of sp³-hybridized carbons (Fsp3) is 0. The van der Waals surface area contributed by atoms with Crippen molar-refractivity contribution in [2.45, 2.75) is 0 Å². The van der Waals surface area contributed by atoms with Crippen molar-refractivity contribution in [3.63, 3.8) is 0 Å². The first-order valence-corrected chi connectivity index (χ1v) is 44.6. The van der Waals surface area contributed by atoms with Crippen LogP contribution < -0.4 is 9.80 Å². The van der Waals surface area contributed by atoms with Crippen LogP contribution in [0.15, 0.2) is 436 Å². The Bertz CT molecular complexity index is 9940. The Balaban J connectivity index is 0.000000127. The summed E-state index contributed by atoms with van der Waals surface area (Å²) < 4.78 is 52.3. The molecule has 0 aliphatic rings. The summed E-state index contributed by atoms with van der Waals surface area (Å²) in [5.41, 5.74) is 22.2. The van der Waals surface area contributed by atoms with Crippen molar-refractivity contribution in [3.05, 3.63) is 400 Å². The number of anilines is 6. The van der Waals surface area contributed by atoms with Gasteiger partial charge in [0, 0.05) is 132 Å². The Morgan fingerprint density at radius 2 is 0.280 bits per heavy atom. The summed E-state index contributed by atoms with van der Waals surface area (Å²) in [6.07, 6.45) is 0. The first kappa shape index (κ1) is 71.3. The van der Waals surface area contributed by atoms with Crippen LogP contribution in [0.1, 0.15) is 0 Å². The van der Waals surface area contributed by atoms with Gasteiger partial charge in [0.2, 0.25) is 0 Å². The lowest BCUT2D eigenvalue weighted by Gasteiger charge is -2.26. The summed E-state index contributed by atoms with van der Waals surface area (Å²) in [4.78, 5) is 4.65. The molecule has 0 atom stereocenters. The highest BCUT2D eigenvalue weighted by atomic mass is 16.4. The van der Waals surface area contributed by atoms with Gasteiger partial charge in [-0.1, -0.05) is 182 Å². The van der Waals surface area contributed by atoms with Gasteiger partial charge in [0.05, 0.1) is 0 Å². The fourth-order valence-electron chi connectivity index (χ4n) is 21.3. The summed E-state index contributed by atoms with van der Waals surface area (Å²) in [6.45, 7) is 0. The summed E-state index contributed by atoms with van der Waals surface area (Å²) in [6, 6.07) is 143. The highest BCUT2D eigenvalue weighted by molar-refractivity contribution is 6.24. The smallest absolute Gasteiger partial charge is 0.139 e. The second-order valence-corrected chi connectivity index (χ2v) is 35.4. The number of rotatable bonds is 7. The maximum Gasteiger partial charge on any atom is 0.139 e. The highest BCUT2D eigenvalue weighted by Crippen LogP contribution is 2.49. The number of para-hydroxylation sites is 1. The van der Waals surface area contributed by atoms with Gasteiger partial charge < -0.3 is 45.1 Å². The number of hydrogen-bond donors (Lipinski definition) is 0. The van der Waals surface area contributed by atoms with Crippen LogP contribution in [0, 0.1) is 0 Å². The molecule has 10 heteroatoms. The standard InChI is InChI=1S/C64H35NO4.C58H31NO4/c1-2-8-36(9-3-1)37-14-18-46(19-15-37)65(47-20-16-42-26-51-55-34-61-53(32-63(55)68-59(51)30-44(42)22-47)49-24-38-10-4-6-12-40(38)28-57(49)66-61)48-21-17-43-27-52-56-35-62-54(33-64(56)69-60(52)31-45(43)23-48)50-25-39-11-5-7-13-41(39)29-58(50)67-62;1-2-12-40(13-3-1)59(41-16-14-36-22-45-49-28-47-43-20-32-8-4-6-10-34(32)24-51(43)60-55(47)30-57(49)62-53(45)26-38(36)18-41)42-17-15-37-23-46-50-29-48-44-21-33-9-5-7-11-35(33)25-52(44)61-56(48)31-58(50)63-54(46)27-39(37)19-42/h1-35H;1-31H. The number of nitrogens with zero attached hydrogens (tertiary/aromatic N) is 2. The molecule has 8 aromatic heterocycles. The molecule has 0 saturated heterocycles. The van der Waals surface area contributed by atoms with Crippen LogP contribution in [-0.4, -0.2) is 0 Å². The maximum absolute atomic E-state index is 6.69. The second kappa shape index (κ2) is 26.9. The van der Waals surface area contributed by atoms with Gasteiger partial charge in [-0.05, 0) is 304 Å². The molecule has 612 valence electrons. The van der Waals surface area contributed by atoms with Crippen molar-refractivity contribution in [1.82, 2.24) is 0 Å². The Hall–Kier alpha value is -17.9. The zero-order chi connectivity index (χ0) is 85.8. The SMILES string of the molecule is c1ccc(-c2ccc(N(c3ccc4cc5c(cc4c3)oc3cc4c(cc35)oc3cc5ccccc5cc34)c3ccc4cc5c(cc4c3)oc3cc4c(cc35)oc3cc5ccccc5cc34)cc2)cc1.c1ccc(N(c2ccc3cc4c(cc3c2)oc2cc3oc5cc6ccccc6cc5c3cc24)c2ccc3cc4c(cc3c2)oc2cc3oc5cc6ccccc6cc5c3cc24)cc1. The number of hydrogen-bond acceptors (Lipinski definition) is 10. The monoisotopic (exact) mass is 1690 g/mol. The molecule has 0 bridgehead atoms. The molecule has 0 amide bonds. The van der Waals surface area contributed by atoms with E-state index in [1.807, 2.05) is 12.1 Å². The Morgan fingerprint density at radius 3 is 0.545 bits per heavy atom. The predicted molar refractivity (Wildman–Crippen MR) is 546 cm³/mol. The molecule has 10 nitrogen and oxygen atoms in total. The lowest BCUT2D eigenvalue weighted by Crippen LogP contribution is -2.09. The first-order chi connectivity index (χ1) is 65.2. The minimum Gasteiger partial charge on any atom is -0.456 e. The molecule has 0 saturated carbocycles. The summed E-state index contributed by atoms with van der Waals surface area (Å²) in [5.74, 6) is 0. The number of benzene rings is 23. The Labute approximate surface area is 747 Å². The number of furan rings is 8. The van der Waals surface area contributed by atoms with Crippen molar-refractivity contribution in [2.75, 3.05) is 9.80 Å². The lowest BCUT2D eigenvalue weighted by molar-refractivity contribution is 0.656. The molecule has 31 rings (SSSR count). The van der Waals surface area contributed by atoms with E-state index in [2.05, 4.69) is 398 Å². The first-order valence-electron chi connectivity index (χ1n) is 44.6. The third-order valence-electron chi connectivity index (χ3n) is 27.8.